The fraction of sp³-hybridized carbons (Fsp3) is 0.579. The van der Waals surface area contributed by atoms with Gasteiger partial charge in [-0.2, -0.15) is 0 Å². The van der Waals surface area contributed by atoms with E-state index in [1.54, 1.807) is 11.3 Å². The molecule has 2 saturated heterocycles. The third-order valence-electron chi connectivity index (χ3n) is 5.63. The highest BCUT2D eigenvalue weighted by molar-refractivity contribution is 7.22. The minimum absolute atomic E-state index is 0.795. The maximum Gasteiger partial charge on any atom is 0.186 e. The summed E-state index contributed by atoms with van der Waals surface area (Å²) < 4.78 is 8.62. The largest absolute Gasteiger partial charge is 0.379 e. The van der Waals surface area contributed by atoms with E-state index in [0.717, 1.165) is 88.6 Å². The highest BCUT2D eigenvalue weighted by atomic mass is 32.1. The summed E-state index contributed by atoms with van der Waals surface area (Å²) in [6.07, 6.45) is 0. The molecule has 4 heterocycles. The van der Waals surface area contributed by atoms with Gasteiger partial charge < -0.3 is 9.64 Å². The van der Waals surface area contributed by atoms with E-state index >= 15 is 0 Å². The lowest BCUT2D eigenvalue weighted by Crippen LogP contribution is -2.46. The SMILES string of the molecule is c1ccc2sc(N3CCN(Cc4nnnn4CCN4CCOCC4)CC3)nc2c1. The van der Waals surface area contributed by atoms with Crippen LogP contribution in [0.1, 0.15) is 5.82 Å². The zero-order valence-corrected chi connectivity index (χ0v) is 17.3. The first-order valence-electron chi connectivity index (χ1n) is 10.2. The van der Waals surface area contributed by atoms with E-state index in [4.69, 9.17) is 9.72 Å². The summed E-state index contributed by atoms with van der Waals surface area (Å²) in [5, 5.41) is 13.5. The van der Waals surface area contributed by atoms with Crippen molar-refractivity contribution in [1.29, 1.82) is 0 Å². The molecule has 3 aromatic rings. The van der Waals surface area contributed by atoms with Crippen LogP contribution >= 0.6 is 11.3 Å². The molecule has 0 saturated carbocycles. The molecule has 0 radical (unpaired) electrons. The molecule has 10 heteroatoms. The van der Waals surface area contributed by atoms with Gasteiger partial charge in [-0.1, -0.05) is 23.5 Å². The van der Waals surface area contributed by atoms with Crippen molar-refractivity contribution >= 4 is 26.7 Å². The summed E-state index contributed by atoms with van der Waals surface area (Å²) >= 11 is 1.78. The van der Waals surface area contributed by atoms with Gasteiger partial charge in [-0.3, -0.25) is 9.80 Å². The number of tetrazole rings is 1. The monoisotopic (exact) mass is 414 g/mol. The van der Waals surface area contributed by atoms with Crippen LogP contribution in [0.3, 0.4) is 0 Å². The number of fused-ring (bicyclic) bond motifs is 1. The molecule has 2 fully saturated rings. The lowest BCUT2D eigenvalue weighted by Gasteiger charge is -2.34. The number of hydrogen-bond donors (Lipinski definition) is 0. The molecule has 2 aliphatic heterocycles. The average Bonchev–Trinajstić information content (AvgIpc) is 3.40. The van der Waals surface area contributed by atoms with Crippen LogP contribution in [-0.4, -0.2) is 94.0 Å². The highest BCUT2D eigenvalue weighted by Crippen LogP contribution is 2.29. The van der Waals surface area contributed by atoms with Gasteiger partial charge in [0.25, 0.3) is 0 Å². The van der Waals surface area contributed by atoms with Gasteiger partial charge in [-0.25, -0.2) is 9.67 Å². The number of ether oxygens (including phenoxy) is 1. The van der Waals surface area contributed by atoms with E-state index in [1.807, 2.05) is 10.7 Å². The Balaban J connectivity index is 1.14. The Morgan fingerprint density at radius 2 is 1.76 bits per heavy atom. The summed E-state index contributed by atoms with van der Waals surface area (Å²) in [4.78, 5) is 12.0. The number of aromatic nitrogens is 5. The predicted molar refractivity (Wildman–Crippen MR) is 112 cm³/mol. The molecule has 29 heavy (non-hydrogen) atoms. The Hall–Kier alpha value is -2.14. The van der Waals surface area contributed by atoms with E-state index in [9.17, 15) is 0 Å². The van der Waals surface area contributed by atoms with Crippen molar-refractivity contribution in [1.82, 2.24) is 35.0 Å². The zero-order valence-electron chi connectivity index (χ0n) is 16.5. The summed E-state index contributed by atoms with van der Waals surface area (Å²) in [6.45, 7) is 10.2. The van der Waals surface area contributed by atoms with E-state index in [0.29, 0.717) is 0 Å². The summed E-state index contributed by atoms with van der Waals surface area (Å²) in [7, 11) is 0. The maximum atomic E-state index is 5.42. The number of nitrogens with zero attached hydrogens (tertiary/aromatic N) is 8. The van der Waals surface area contributed by atoms with Crippen molar-refractivity contribution in [3.63, 3.8) is 0 Å². The second kappa shape index (κ2) is 8.70. The second-order valence-corrected chi connectivity index (χ2v) is 8.51. The fourth-order valence-corrected chi connectivity index (χ4v) is 4.88. The molecule has 0 amide bonds. The molecule has 9 nitrogen and oxygen atoms in total. The molecule has 0 N–H and O–H groups in total. The van der Waals surface area contributed by atoms with Gasteiger partial charge in [-0.15, -0.1) is 5.10 Å². The van der Waals surface area contributed by atoms with Crippen LogP contribution in [0, 0.1) is 0 Å². The third-order valence-corrected chi connectivity index (χ3v) is 6.73. The Bertz CT molecular complexity index is 896. The minimum atomic E-state index is 0.795. The van der Waals surface area contributed by atoms with Gasteiger partial charge in [0.2, 0.25) is 0 Å². The van der Waals surface area contributed by atoms with Crippen molar-refractivity contribution in [2.24, 2.45) is 0 Å². The molecule has 0 spiro atoms. The summed E-state index contributed by atoms with van der Waals surface area (Å²) in [5.41, 5.74) is 1.09. The molecule has 0 atom stereocenters. The number of hydrogen-bond acceptors (Lipinski definition) is 9. The topological polar surface area (TPSA) is 75.4 Å². The van der Waals surface area contributed by atoms with Crippen molar-refractivity contribution in [2.45, 2.75) is 13.1 Å². The normalized spacial score (nSPS) is 19.2. The van der Waals surface area contributed by atoms with E-state index in [1.165, 1.54) is 4.70 Å². The average molecular weight is 415 g/mol. The molecule has 154 valence electrons. The number of morpholine rings is 1. The number of piperazine rings is 1. The first kappa shape index (κ1) is 18.9. The Labute approximate surface area is 173 Å². The third kappa shape index (κ3) is 4.40. The quantitative estimate of drug-likeness (QED) is 0.590. The summed E-state index contributed by atoms with van der Waals surface area (Å²) in [6, 6.07) is 8.35. The van der Waals surface area contributed by atoms with Crippen LogP contribution in [-0.2, 0) is 17.8 Å². The fourth-order valence-electron chi connectivity index (χ4n) is 3.86. The van der Waals surface area contributed by atoms with Gasteiger partial charge in [0, 0.05) is 45.8 Å². The van der Waals surface area contributed by atoms with Gasteiger partial charge in [-0.05, 0) is 22.6 Å². The lowest BCUT2D eigenvalue weighted by molar-refractivity contribution is 0.0357. The van der Waals surface area contributed by atoms with Crippen LogP contribution in [0.4, 0.5) is 5.13 Å². The van der Waals surface area contributed by atoms with Crippen molar-refractivity contribution in [3.8, 4) is 0 Å². The van der Waals surface area contributed by atoms with Crippen LogP contribution in [0.2, 0.25) is 0 Å². The Morgan fingerprint density at radius 3 is 2.59 bits per heavy atom. The molecule has 5 rings (SSSR count). The zero-order chi connectivity index (χ0) is 19.5. The number of rotatable bonds is 6. The number of thiazole rings is 1. The van der Waals surface area contributed by atoms with Gasteiger partial charge >= 0.3 is 0 Å². The van der Waals surface area contributed by atoms with Crippen molar-refractivity contribution in [3.05, 3.63) is 30.1 Å². The molecule has 0 bridgehead atoms. The van der Waals surface area contributed by atoms with Crippen molar-refractivity contribution in [2.75, 3.05) is 63.9 Å². The molecular formula is C19H26N8OS. The van der Waals surface area contributed by atoms with Gasteiger partial charge in [0.1, 0.15) is 0 Å². The van der Waals surface area contributed by atoms with Gasteiger partial charge in [0.15, 0.2) is 11.0 Å². The molecule has 2 aliphatic rings. The molecule has 2 aromatic heterocycles. The second-order valence-electron chi connectivity index (χ2n) is 7.50. The predicted octanol–water partition coefficient (Wildman–Crippen LogP) is 0.937. The van der Waals surface area contributed by atoms with E-state index < -0.39 is 0 Å². The number of anilines is 1. The number of benzene rings is 1. The standard InChI is InChI=1S/C19H26N8OS/c1-2-4-17-16(3-1)20-19(29-17)26-8-5-25(6-9-26)15-18-21-22-23-27(18)10-7-24-11-13-28-14-12-24/h1-4H,5-15H2. The highest BCUT2D eigenvalue weighted by Gasteiger charge is 2.22. The van der Waals surface area contributed by atoms with E-state index in [-0.39, 0.29) is 0 Å². The smallest absolute Gasteiger partial charge is 0.186 e. The lowest BCUT2D eigenvalue weighted by atomic mass is 10.3. The Kier molecular flexibility index (Phi) is 5.66. The molecular weight excluding hydrogens is 388 g/mol. The summed E-state index contributed by atoms with van der Waals surface area (Å²) in [5.74, 6) is 0.951. The molecule has 0 aliphatic carbocycles. The van der Waals surface area contributed by atoms with Crippen LogP contribution in [0.15, 0.2) is 24.3 Å². The maximum absolute atomic E-state index is 5.42. The van der Waals surface area contributed by atoms with E-state index in [2.05, 4.69) is 48.4 Å². The number of para-hydroxylation sites is 1. The van der Waals surface area contributed by atoms with Crippen LogP contribution < -0.4 is 4.90 Å². The Morgan fingerprint density at radius 1 is 0.931 bits per heavy atom. The van der Waals surface area contributed by atoms with Crippen LogP contribution in [0.25, 0.3) is 10.2 Å². The van der Waals surface area contributed by atoms with Crippen molar-refractivity contribution < 1.29 is 4.74 Å². The molecule has 0 unspecified atom stereocenters. The van der Waals surface area contributed by atoms with Crippen LogP contribution in [0.5, 0.6) is 0 Å². The molecule has 1 aromatic carbocycles. The van der Waals surface area contributed by atoms with Gasteiger partial charge in [0.05, 0.1) is 36.5 Å². The first-order valence-corrected chi connectivity index (χ1v) is 11.0. The first-order chi connectivity index (χ1) is 14.3. The minimum Gasteiger partial charge on any atom is -0.379 e.